The highest BCUT2D eigenvalue weighted by atomic mass is 16.5. The molecule has 0 spiro atoms. The zero-order chi connectivity index (χ0) is 14.5. The number of hydrogen-bond donors (Lipinski definition) is 2. The average Bonchev–Trinajstić information content (AvgIpc) is 3.08. The Morgan fingerprint density at radius 3 is 3.00 bits per heavy atom. The second-order valence-electron chi connectivity index (χ2n) is 6.31. The maximum absolute atomic E-state index is 5.35. The molecule has 4 heteroatoms. The van der Waals surface area contributed by atoms with E-state index >= 15 is 0 Å². The van der Waals surface area contributed by atoms with Crippen LogP contribution in [0, 0.1) is 5.92 Å². The van der Waals surface area contributed by atoms with E-state index in [1.807, 2.05) is 6.07 Å². The Labute approximate surface area is 127 Å². The van der Waals surface area contributed by atoms with Gasteiger partial charge in [-0.25, -0.2) is 4.98 Å². The highest BCUT2D eigenvalue weighted by molar-refractivity contribution is 5.25. The summed E-state index contributed by atoms with van der Waals surface area (Å²) in [7, 11) is 1.69. The van der Waals surface area contributed by atoms with E-state index in [0.29, 0.717) is 6.04 Å². The fourth-order valence-corrected chi connectivity index (χ4v) is 3.96. The Kier molecular flexibility index (Phi) is 5.09. The zero-order valence-electron chi connectivity index (χ0n) is 13.0. The normalized spacial score (nSPS) is 29.5. The van der Waals surface area contributed by atoms with E-state index in [0.717, 1.165) is 29.9 Å². The summed E-state index contributed by atoms with van der Waals surface area (Å²) < 4.78 is 5.35. The summed E-state index contributed by atoms with van der Waals surface area (Å²) in [5.41, 5.74) is 1.16. The van der Waals surface area contributed by atoms with Crippen molar-refractivity contribution in [2.24, 2.45) is 5.92 Å². The highest BCUT2D eigenvalue weighted by Crippen LogP contribution is 2.31. The van der Waals surface area contributed by atoms with Crippen LogP contribution in [0.4, 0.5) is 0 Å². The SMILES string of the molecule is COc1ncccc1CNC1CCCCC1C1CCCN1. The van der Waals surface area contributed by atoms with Gasteiger partial charge in [0.05, 0.1) is 7.11 Å². The van der Waals surface area contributed by atoms with Gasteiger partial charge in [-0.05, 0) is 44.2 Å². The van der Waals surface area contributed by atoms with Gasteiger partial charge in [0.2, 0.25) is 5.88 Å². The lowest BCUT2D eigenvalue weighted by Crippen LogP contribution is -2.46. The van der Waals surface area contributed by atoms with Gasteiger partial charge in [0.15, 0.2) is 0 Å². The van der Waals surface area contributed by atoms with E-state index < -0.39 is 0 Å². The summed E-state index contributed by atoms with van der Waals surface area (Å²) in [6.45, 7) is 2.05. The highest BCUT2D eigenvalue weighted by Gasteiger charge is 2.32. The van der Waals surface area contributed by atoms with Crippen LogP contribution in [-0.2, 0) is 6.54 Å². The van der Waals surface area contributed by atoms with Crippen molar-refractivity contribution in [1.82, 2.24) is 15.6 Å². The molecule has 3 unspecified atom stereocenters. The van der Waals surface area contributed by atoms with E-state index in [1.54, 1.807) is 13.3 Å². The summed E-state index contributed by atoms with van der Waals surface area (Å²) in [5, 5.41) is 7.48. The van der Waals surface area contributed by atoms with Crippen LogP contribution in [-0.4, -0.2) is 30.7 Å². The first-order valence-electron chi connectivity index (χ1n) is 8.33. The molecule has 0 radical (unpaired) electrons. The lowest BCUT2D eigenvalue weighted by molar-refractivity contribution is 0.213. The zero-order valence-corrected chi connectivity index (χ0v) is 13.0. The van der Waals surface area contributed by atoms with Gasteiger partial charge in [0.25, 0.3) is 0 Å². The second-order valence-corrected chi connectivity index (χ2v) is 6.31. The standard InChI is InChI=1S/C17H27N3O/c1-21-17-13(6-4-11-19-17)12-20-16-8-3-2-7-14(16)15-9-5-10-18-15/h4,6,11,14-16,18,20H,2-3,5,7-10,12H2,1H3. The van der Waals surface area contributed by atoms with Crippen molar-refractivity contribution >= 4 is 0 Å². The Bertz CT molecular complexity index is 445. The summed E-state index contributed by atoms with van der Waals surface area (Å²) >= 11 is 0. The molecule has 1 aromatic heterocycles. The molecule has 1 aromatic rings. The van der Waals surface area contributed by atoms with Gasteiger partial charge in [0.1, 0.15) is 0 Å². The summed E-state index contributed by atoms with van der Waals surface area (Å²) in [4.78, 5) is 4.28. The van der Waals surface area contributed by atoms with Crippen molar-refractivity contribution in [2.45, 2.75) is 57.2 Å². The number of aromatic nitrogens is 1. The average molecular weight is 289 g/mol. The van der Waals surface area contributed by atoms with Gasteiger partial charge in [-0.1, -0.05) is 18.9 Å². The number of methoxy groups -OCH3 is 1. The van der Waals surface area contributed by atoms with Crippen molar-refractivity contribution in [3.8, 4) is 5.88 Å². The summed E-state index contributed by atoms with van der Waals surface area (Å²) in [6.07, 6.45) is 9.87. The van der Waals surface area contributed by atoms with Crippen LogP contribution >= 0.6 is 0 Å². The van der Waals surface area contributed by atoms with Crippen LogP contribution < -0.4 is 15.4 Å². The number of nitrogens with zero attached hydrogens (tertiary/aromatic N) is 1. The minimum absolute atomic E-state index is 0.624. The quantitative estimate of drug-likeness (QED) is 0.874. The molecule has 2 N–H and O–H groups in total. The lowest BCUT2D eigenvalue weighted by atomic mass is 9.79. The van der Waals surface area contributed by atoms with Crippen LogP contribution in [0.5, 0.6) is 5.88 Å². The molecule has 3 rings (SSSR count). The number of hydrogen-bond acceptors (Lipinski definition) is 4. The monoisotopic (exact) mass is 289 g/mol. The minimum Gasteiger partial charge on any atom is -0.481 e. The molecular weight excluding hydrogens is 262 g/mol. The van der Waals surface area contributed by atoms with Gasteiger partial charge < -0.3 is 15.4 Å². The summed E-state index contributed by atoms with van der Waals surface area (Å²) in [5.74, 6) is 1.53. The second kappa shape index (κ2) is 7.23. The maximum atomic E-state index is 5.35. The molecule has 2 fully saturated rings. The van der Waals surface area contributed by atoms with Crippen molar-refractivity contribution in [3.05, 3.63) is 23.9 Å². The van der Waals surface area contributed by atoms with Gasteiger partial charge in [-0.3, -0.25) is 0 Å². The van der Waals surface area contributed by atoms with E-state index in [2.05, 4.69) is 21.7 Å². The van der Waals surface area contributed by atoms with Gasteiger partial charge in [-0.2, -0.15) is 0 Å². The van der Waals surface area contributed by atoms with E-state index in [9.17, 15) is 0 Å². The lowest BCUT2D eigenvalue weighted by Gasteiger charge is -2.36. The van der Waals surface area contributed by atoms with Crippen molar-refractivity contribution in [3.63, 3.8) is 0 Å². The van der Waals surface area contributed by atoms with Crippen LogP contribution in [0.15, 0.2) is 18.3 Å². The third-order valence-corrected chi connectivity index (χ3v) is 5.03. The van der Waals surface area contributed by atoms with Crippen LogP contribution in [0.3, 0.4) is 0 Å². The van der Waals surface area contributed by atoms with Crippen molar-refractivity contribution in [2.75, 3.05) is 13.7 Å². The molecule has 1 aliphatic carbocycles. The Balaban J connectivity index is 1.61. The fraction of sp³-hybridized carbons (Fsp3) is 0.706. The Morgan fingerprint density at radius 2 is 2.19 bits per heavy atom. The number of nitrogens with one attached hydrogen (secondary N) is 2. The van der Waals surface area contributed by atoms with Crippen molar-refractivity contribution < 1.29 is 4.74 Å². The first-order valence-corrected chi connectivity index (χ1v) is 8.33. The minimum atomic E-state index is 0.624. The molecule has 1 saturated carbocycles. The molecule has 0 bridgehead atoms. The maximum Gasteiger partial charge on any atom is 0.217 e. The first-order chi connectivity index (χ1) is 10.4. The molecule has 0 amide bonds. The molecule has 21 heavy (non-hydrogen) atoms. The molecule has 1 aliphatic heterocycles. The molecule has 1 saturated heterocycles. The van der Waals surface area contributed by atoms with Crippen LogP contribution in [0.2, 0.25) is 0 Å². The fourth-order valence-electron chi connectivity index (χ4n) is 3.96. The van der Waals surface area contributed by atoms with E-state index in [1.165, 1.54) is 45.1 Å². The number of ether oxygens (including phenoxy) is 1. The summed E-state index contributed by atoms with van der Waals surface area (Å²) in [6, 6.07) is 5.43. The first kappa shape index (κ1) is 14.8. The third kappa shape index (κ3) is 3.55. The molecule has 2 heterocycles. The van der Waals surface area contributed by atoms with E-state index in [4.69, 9.17) is 4.74 Å². The molecule has 0 aromatic carbocycles. The number of rotatable bonds is 5. The van der Waals surface area contributed by atoms with E-state index in [-0.39, 0.29) is 0 Å². The molecular formula is C17H27N3O. The third-order valence-electron chi connectivity index (χ3n) is 5.03. The largest absolute Gasteiger partial charge is 0.481 e. The Hall–Kier alpha value is -1.13. The van der Waals surface area contributed by atoms with Crippen molar-refractivity contribution in [1.29, 1.82) is 0 Å². The van der Waals surface area contributed by atoms with Crippen LogP contribution in [0.25, 0.3) is 0 Å². The van der Waals surface area contributed by atoms with Gasteiger partial charge in [0, 0.05) is 30.4 Å². The predicted molar refractivity (Wildman–Crippen MR) is 84.4 cm³/mol. The van der Waals surface area contributed by atoms with Crippen LogP contribution in [0.1, 0.15) is 44.1 Å². The topological polar surface area (TPSA) is 46.2 Å². The number of pyridine rings is 1. The molecule has 2 aliphatic rings. The van der Waals surface area contributed by atoms with Gasteiger partial charge in [-0.15, -0.1) is 0 Å². The smallest absolute Gasteiger partial charge is 0.217 e. The predicted octanol–water partition coefficient (Wildman–Crippen LogP) is 2.49. The molecule has 4 nitrogen and oxygen atoms in total. The molecule has 3 atom stereocenters. The van der Waals surface area contributed by atoms with Gasteiger partial charge >= 0.3 is 0 Å². The molecule has 116 valence electrons. The Morgan fingerprint density at radius 1 is 1.29 bits per heavy atom.